The molecule has 0 spiro atoms. The van der Waals surface area contributed by atoms with Gasteiger partial charge in [-0.2, -0.15) is 0 Å². The summed E-state index contributed by atoms with van der Waals surface area (Å²) < 4.78 is 4.92. The van der Waals surface area contributed by atoms with Crippen molar-refractivity contribution in [3.8, 4) is 0 Å². The predicted molar refractivity (Wildman–Crippen MR) is 63.6 cm³/mol. The smallest absolute Gasteiger partial charge is 0.256 e. The van der Waals surface area contributed by atoms with E-state index in [9.17, 15) is 4.79 Å². The Bertz CT molecular complexity index is 504. The lowest BCUT2D eigenvalue weighted by Gasteiger charge is -2.01. The Morgan fingerprint density at radius 3 is 3.00 bits per heavy atom. The minimum Gasteiger partial charge on any atom is -0.497 e. The van der Waals surface area contributed by atoms with E-state index in [1.807, 2.05) is 0 Å². The van der Waals surface area contributed by atoms with Crippen molar-refractivity contribution in [2.45, 2.75) is 0 Å². The topological polar surface area (TPSA) is 64.4 Å². The molecule has 82 valence electrons. The molecule has 0 radical (unpaired) electrons. The highest BCUT2D eigenvalue weighted by Gasteiger charge is 2.24. The maximum atomic E-state index is 11.7. The van der Waals surface area contributed by atoms with E-state index in [0.717, 1.165) is 11.3 Å². The second-order valence-corrected chi connectivity index (χ2v) is 3.49. The first-order valence-corrected chi connectivity index (χ1v) is 4.77. The summed E-state index contributed by atoms with van der Waals surface area (Å²) in [5.41, 5.74) is 8.36. The molecule has 0 atom stereocenters. The molecule has 1 aliphatic rings. The number of nitrogens with two attached hydrogens (primary N) is 1. The lowest BCUT2D eigenvalue weighted by atomic mass is 10.1. The van der Waals surface area contributed by atoms with Crippen molar-refractivity contribution in [3.63, 3.8) is 0 Å². The number of amides is 1. The Morgan fingerprint density at radius 1 is 1.56 bits per heavy atom. The van der Waals surface area contributed by atoms with Gasteiger partial charge in [0, 0.05) is 16.9 Å². The summed E-state index contributed by atoms with van der Waals surface area (Å²) >= 11 is 0. The van der Waals surface area contributed by atoms with Gasteiger partial charge in [-0.15, -0.1) is 0 Å². The third kappa shape index (κ3) is 1.65. The van der Waals surface area contributed by atoms with Crippen molar-refractivity contribution in [2.24, 2.45) is 0 Å². The van der Waals surface area contributed by atoms with Crippen molar-refractivity contribution in [2.75, 3.05) is 18.2 Å². The van der Waals surface area contributed by atoms with Crippen LogP contribution in [0.1, 0.15) is 5.56 Å². The van der Waals surface area contributed by atoms with Gasteiger partial charge in [0.25, 0.3) is 5.91 Å². The van der Waals surface area contributed by atoms with Crippen LogP contribution in [0.2, 0.25) is 0 Å². The summed E-state index contributed by atoms with van der Waals surface area (Å²) in [5.74, 6) is 0.263. The van der Waals surface area contributed by atoms with Crippen LogP contribution in [0.4, 0.5) is 11.4 Å². The molecule has 1 aromatic carbocycles. The van der Waals surface area contributed by atoms with Crippen LogP contribution in [0.3, 0.4) is 0 Å². The van der Waals surface area contributed by atoms with E-state index in [1.165, 1.54) is 7.11 Å². The van der Waals surface area contributed by atoms with E-state index in [1.54, 1.807) is 24.3 Å². The predicted octanol–water partition coefficient (Wildman–Crippen LogP) is 1.76. The van der Waals surface area contributed by atoms with Gasteiger partial charge in [0.2, 0.25) is 0 Å². The van der Waals surface area contributed by atoms with E-state index in [2.05, 4.69) is 11.9 Å². The first-order chi connectivity index (χ1) is 7.61. The van der Waals surface area contributed by atoms with Crippen LogP contribution >= 0.6 is 0 Å². The van der Waals surface area contributed by atoms with Crippen molar-refractivity contribution >= 4 is 22.9 Å². The molecule has 0 saturated heterocycles. The van der Waals surface area contributed by atoms with Crippen LogP contribution in [0.25, 0.3) is 5.57 Å². The average molecular weight is 216 g/mol. The standard InChI is InChI=1S/C12H12N2O2/c1-7(16-2)5-10-9-6-8(13)3-4-11(9)14-12(10)15/h3-6H,1,13H2,2H3,(H,14,15). The summed E-state index contributed by atoms with van der Waals surface area (Å²) in [6.07, 6.45) is 1.60. The second kappa shape index (κ2) is 3.73. The summed E-state index contributed by atoms with van der Waals surface area (Å²) in [4.78, 5) is 11.7. The zero-order chi connectivity index (χ0) is 11.7. The molecule has 0 fully saturated rings. The molecule has 0 bridgehead atoms. The van der Waals surface area contributed by atoms with Crippen molar-refractivity contribution in [1.82, 2.24) is 0 Å². The van der Waals surface area contributed by atoms with Crippen molar-refractivity contribution in [3.05, 3.63) is 42.2 Å². The number of fused-ring (bicyclic) bond motifs is 1. The number of carbonyl (C=O) groups is 1. The molecule has 0 unspecified atom stereocenters. The maximum Gasteiger partial charge on any atom is 0.256 e. The van der Waals surface area contributed by atoms with E-state index < -0.39 is 0 Å². The minimum atomic E-state index is -0.168. The molecule has 2 rings (SSSR count). The highest BCUT2D eigenvalue weighted by atomic mass is 16.5. The molecular formula is C12H12N2O2. The maximum absolute atomic E-state index is 11.7. The van der Waals surface area contributed by atoms with Crippen LogP contribution in [0.5, 0.6) is 0 Å². The Hall–Kier alpha value is -2.23. The molecule has 1 amide bonds. The number of hydrogen-bond acceptors (Lipinski definition) is 3. The fraction of sp³-hybridized carbons (Fsp3) is 0.0833. The summed E-state index contributed by atoms with van der Waals surface area (Å²) in [6.45, 7) is 3.66. The molecule has 3 N–H and O–H groups in total. The van der Waals surface area contributed by atoms with Crippen LogP contribution in [0, 0.1) is 0 Å². The van der Waals surface area contributed by atoms with Gasteiger partial charge in [0.15, 0.2) is 0 Å². The molecule has 1 heterocycles. The zero-order valence-electron chi connectivity index (χ0n) is 8.91. The number of benzene rings is 1. The number of ether oxygens (including phenoxy) is 1. The van der Waals surface area contributed by atoms with Gasteiger partial charge in [-0.25, -0.2) is 0 Å². The SMILES string of the molecule is C=C(C=C1C(=O)Nc2ccc(N)cc21)OC. The van der Waals surface area contributed by atoms with E-state index in [-0.39, 0.29) is 5.91 Å². The fourth-order valence-corrected chi connectivity index (χ4v) is 1.57. The third-order valence-electron chi connectivity index (χ3n) is 2.39. The zero-order valence-corrected chi connectivity index (χ0v) is 8.91. The van der Waals surface area contributed by atoms with Crippen LogP contribution < -0.4 is 11.1 Å². The number of methoxy groups -OCH3 is 1. The molecule has 0 saturated carbocycles. The van der Waals surface area contributed by atoms with Crippen LogP contribution in [-0.2, 0) is 9.53 Å². The normalized spacial score (nSPS) is 15.8. The largest absolute Gasteiger partial charge is 0.497 e. The first-order valence-electron chi connectivity index (χ1n) is 4.77. The number of nitrogen functional groups attached to an aromatic ring is 1. The van der Waals surface area contributed by atoms with Crippen LogP contribution in [0.15, 0.2) is 36.6 Å². The summed E-state index contributed by atoms with van der Waals surface area (Å²) in [5, 5.41) is 2.74. The monoisotopic (exact) mass is 216 g/mol. The van der Waals surface area contributed by atoms with E-state index in [0.29, 0.717) is 17.0 Å². The highest BCUT2D eigenvalue weighted by Crippen LogP contribution is 2.33. The number of carbonyl (C=O) groups excluding carboxylic acids is 1. The van der Waals surface area contributed by atoms with Gasteiger partial charge in [-0.05, 0) is 24.3 Å². The van der Waals surface area contributed by atoms with Gasteiger partial charge in [-0.3, -0.25) is 4.79 Å². The van der Waals surface area contributed by atoms with Gasteiger partial charge >= 0.3 is 0 Å². The lowest BCUT2D eigenvalue weighted by Crippen LogP contribution is -2.03. The molecule has 4 nitrogen and oxygen atoms in total. The summed E-state index contributed by atoms with van der Waals surface area (Å²) in [6, 6.07) is 5.27. The Labute approximate surface area is 93.4 Å². The Balaban J connectivity index is 2.50. The second-order valence-electron chi connectivity index (χ2n) is 3.49. The highest BCUT2D eigenvalue weighted by molar-refractivity contribution is 6.32. The number of allylic oxidation sites excluding steroid dienone is 1. The fourth-order valence-electron chi connectivity index (χ4n) is 1.57. The Morgan fingerprint density at radius 2 is 2.31 bits per heavy atom. The molecule has 16 heavy (non-hydrogen) atoms. The van der Waals surface area contributed by atoms with Crippen molar-refractivity contribution < 1.29 is 9.53 Å². The Kier molecular flexibility index (Phi) is 2.40. The van der Waals surface area contributed by atoms with Gasteiger partial charge in [0.1, 0.15) is 5.76 Å². The molecule has 0 aliphatic carbocycles. The van der Waals surface area contributed by atoms with Gasteiger partial charge < -0.3 is 15.8 Å². The average Bonchev–Trinajstić information content (AvgIpc) is 2.55. The number of rotatable bonds is 2. The lowest BCUT2D eigenvalue weighted by molar-refractivity contribution is -0.110. The van der Waals surface area contributed by atoms with Crippen LogP contribution in [-0.4, -0.2) is 13.0 Å². The quantitative estimate of drug-likeness (QED) is 0.450. The van der Waals surface area contributed by atoms with Crippen molar-refractivity contribution in [1.29, 1.82) is 0 Å². The number of nitrogens with one attached hydrogen (secondary N) is 1. The first kappa shape index (κ1) is 10.3. The molecule has 4 heteroatoms. The van der Waals surface area contributed by atoms with Gasteiger partial charge in [-0.1, -0.05) is 6.58 Å². The number of anilines is 2. The molecule has 0 aromatic heterocycles. The minimum absolute atomic E-state index is 0.168. The third-order valence-corrected chi connectivity index (χ3v) is 2.39. The van der Waals surface area contributed by atoms with E-state index in [4.69, 9.17) is 10.5 Å². The molecular weight excluding hydrogens is 204 g/mol. The molecule has 1 aromatic rings. The summed E-state index contributed by atoms with van der Waals surface area (Å²) in [7, 11) is 1.51. The van der Waals surface area contributed by atoms with E-state index >= 15 is 0 Å². The van der Waals surface area contributed by atoms with Gasteiger partial charge in [0.05, 0.1) is 12.7 Å². The molecule has 1 aliphatic heterocycles. The number of hydrogen-bond donors (Lipinski definition) is 2.